The monoisotopic (exact) mass is 721 g/mol. The summed E-state index contributed by atoms with van der Waals surface area (Å²) in [7, 11) is 0. The van der Waals surface area contributed by atoms with Gasteiger partial charge in [-0.15, -0.1) is 13.2 Å². The van der Waals surface area contributed by atoms with Gasteiger partial charge in [-0.25, -0.2) is 0 Å². The van der Waals surface area contributed by atoms with Gasteiger partial charge < -0.3 is 29.3 Å². The summed E-state index contributed by atoms with van der Waals surface area (Å²) in [6.45, 7) is 13.6. The predicted molar refractivity (Wildman–Crippen MR) is 191 cm³/mol. The van der Waals surface area contributed by atoms with Crippen LogP contribution in [0.4, 0.5) is 11.4 Å². The number of aliphatic hydroxyl groups is 1. The van der Waals surface area contributed by atoms with Crippen LogP contribution >= 0.6 is 15.9 Å². The predicted octanol–water partition coefficient (Wildman–Crippen LogP) is 5.30. The second kappa shape index (κ2) is 15.8. The lowest BCUT2D eigenvalue weighted by Crippen LogP contribution is -2.59. The number of nitrogens with zero attached hydrogens (tertiary/aromatic N) is 3. The van der Waals surface area contributed by atoms with Crippen LogP contribution in [0, 0.1) is 11.8 Å². The highest BCUT2D eigenvalue weighted by Crippen LogP contribution is 2.61. The Morgan fingerprint density at radius 3 is 2.40 bits per heavy atom. The van der Waals surface area contributed by atoms with E-state index in [1.54, 1.807) is 11.0 Å². The number of alkyl halides is 1. The summed E-state index contributed by atoms with van der Waals surface area (Å²) in [5.41, 5.74) is 1.33. The summed E-state index contributed by atoms with van der Waals surface area (Å²) in [5.74, 6) is -3.01. The average molecular weight is 723 g/mol. The van der Waals surface area contributed by atoms with Crippen LogP contribution in [0.15, 0.2) is 79.9 Å². The van der Waals surface area contributed by atoms with E-state index in [2.05, 4.69) is 47.8 Å². The molecule has 10 heteroatoms. The molecule has 3 unspecified atom stereocenters. The average Bonchev–Trinajstić information content (AvgIpc) is 3.70. The fraction of sp³-hybridized carbons (Fsp3) is 0.500. The quantitative estimate of drug-likeness (QED) is 0.102. The van der Waals surface area contributed by atoms with Gasteiger partial charge in [0.2, 0.25) is 5.91 Å². The van der Waals surface area contributed by atoms with Crippen molar-refractivity contribution in [2.45, 2.75) is 74.6 Å². The molecule has 9 nitrogen and oxygen atoms in total. The zero-order valence-electron chi connectivity index (χ0n) is 28.0. The number of amides is 2. The van der Waals surface area contributed by atoms with E-state index in [0.29, 0.717) is 24.9 Å². The molecule has 48 heavy (non-hydrogen) atoms. The number of hydrogen-bond donors (Lipinski definition) is 1. The summed E-state index contributed by atoms with van der Waals surface area (Å²) >= 11 is 3.74. The number of allylic oxidation sites excluding steroid dienone is 1. The van der Waals surface area contributed by atoms with E-state index in [4.69, 9.17) is 9.47 Å². The zero-order valence-corrected chi connectivity index (χ0v) is 29.6. The van der Waals surface area contributed by atoms with Gasteiger partial charge >= 0.3 is 5.97 Å². The van der Waals surface area contributed by atoms with Crippen LogP contribution in [0.5, 0.6) is 0 Å². The van der Waals surface area contributed by atoms with Gasteiger partial charge in [0.1, 0.15) is 11.6 Å². The first-order valence-electron chi connectivity index (χ1n) is 17.1. The molecule has 3 heterocycles. The van der Waals surface area contributed by atoms with Gasteiger partial charge in [-0.1, -0.05) is 58.4 Å². The van der Waals surface area contributed by atoms with E-state index in [-0.39, 0.29) is 36.4 Å². The van der Waals surface area contributed by atoms with Crippen LogP contribution in [-0.4, -0.2) is 89.3 Å². The van der Waals surface area contributed by atoms with Crippen molar-refractivity contribution in [1.82, 2.24) is 4.90 Å². The van der Waals surface area contributed by atoms with E-state index in [1.165, 1.54) is 4.90 Å². The number of carbonyl (C=O) groups is 3. The molecule has 5 rings (SSSR count). The summed E-state index contributed by atoms with van der Waals surface area (Å²) in [6, 6.07) is 15.6. The fourth-order valence-electron chi connectivity index (χ4n) is 7.84. The number of halogens is 1. The molecule has 1 N–H and O–H groups in total. The third-order valence-electron chi connectivity index (χ3n) is 10.1. The van der Waals surface area contributed by atoms with Crippen molar-refractivity contribution in [2.24, 2.45) is 11.8 Å². The number of likely N-dealkylation sites (tertiary alicyclic amines) is 1. The van der Waals surface area contributed by atoms with Crippen LogP contribution in [0.1, 0.15) is 45.1 Å². The van der Waals surface area contributed by atoms with Crippen molar-refractivity contribution < 1.29 is 29.0 Å². The number of unbranched alkanes of at least 4 members (excludes halogenated alkanes) is 2. The van der Waals surface area contributed by atoms with Gasteiger partial charge in [-0.05, 0) is 75.8 Å². The molecular formula is C38H48BrN3O6. The number of benzene rings is 2. The van der Waals surface area contributed by atoms with E-state index in [9.17, 15) is 14.7 Å². The summed E-state index contributed by atoms with van der Waals surface area (Å²) < 4.78 is 12.5. The normalized spacial score (nSPS) is 26.2. The first-order chi connectivity index (χ1) is 23.3. The molecule has 2 amide bonds. The van der Waals surface area contributed by atoms with Crippen LogP contribution in [0.3, 0.4) is 0 Å². The van der Waals surface area contributed by atoms with Gasteiger partial charge in [-0.3, -0.25) is 14.4 Å². The van der Waals surface area contributed by atoms with Crippen molar-refractivity contribution in [2.75, 3.05) is 42.6 Å². The van der Waals surface area contributed by atoms with Crippen molar-refractivity contribution in [3.8, 4) is 0 Å². The summed E-state index contributed by atoms with van der Waals surface area (Å²) in [5, 5.41) is 10.8. The largest absolute Gasteiger partial charge is 0.465 e. The Labute approximate surface area is 292 Å². The van der Waals surface area contributed by atoms with Crippen LogP contribution < -0.4 is 9.80 Å². The molecule has 258 valence electrons. The number of rotatable bonds is 17. The smallest absolute Gasteiger partial charge is 0.312 e. The number of hydrogen-bond acceptors (Lipinski definition) is 7. The first kappa shape index (κ1) is 35.8. The molecule has 2 aromatic carbocycles. The summed E-state index contributed by atoms with van der Waals surface area (Å²) in [6.07, 6.45) is 5.89. The van der Waals surface area contributed by atoms with Crippen molar-refractivity contribution >= 4 is 45.1 Å². The minimum atomic E-state index is -1.29. The topological polar surface area (TPSA) is 99.6 Å². The Balaban J connectivity index is 1.54. The Bertz CT molecular complexity index is 1450. The SMILES string of the molecule is C=CCCCCOC(=O)[C@H]1[C@@H]2OC3(CC2Br)C(C(=O)N(CC=C)c2ccc(N(CC)CC)cc2)N([C@@H](CO)Cc2ccccc2)C(=O)[C@H]13. The van der Waals surface area contributed by atoms with Gasteiger partial charge in [0, 0.05) is 35.8 Å². The summed E-state index contributed by atoms with van der Waals surface area (Å²) in [4.78, 5) is 48.6. The second-order valence-corrected chi connectivity index (χ2v) is 14.0. The van der Waals surface area contributed by atoms with E-state index < -0.39 is 41.6 Å². The molecule has 0 radical (unpaired) electrons. The lowest BCUT2D eigenvalue weighted by Gasteiger charge is -2.39. The Kier molecular flexibility index (Phi) is 11.8. The van der Waals surface area contributed by atoms with Crippen LogP contribution in [0.25, 0.3) is 0 Å². The fourth-order valence-corrected chi connectivity index (χ4v) is 8.78. The molecule has 0 aromatic heterocycles. The molecule has 3 saturated heterocycles. The maximum Gasteiger partial charge on any atom is 0.312 e. The number of anilines is 2. The number of fused-ring (bicyclic) bond motifs is 1. The molecule has 3 aliphatic rings. The minimum Gasteiger partial charge on any atom is -0.465 e. The minimum absolute atomic E-state index is 0.197. The number of esters is 1. The highest BCUT2D eigenvalue weighted by atomic mass is 79.9. The maximum atomic E-state index is 15.0. The molecule has 2 aromatic rings. The second-order valence-electron chi connectivity index (χ2n) is 12.8. The van der Waals surface area contributed by atoms with Crippen molar-refractivity contribution in [1.29, 1.82) is 0 Å². The highest BCUT2D eigenvalue weighted by molar-refractivity contribution is 9.09. The van der Waals surface area contributed by atoms with Crippen LogP contribution in [0.2, 0.25) is 0 Å². The van der Waals surface area contributed by atoms with E-state index in [0.717, 1.165) is 37.2 Å². The third kappa shape index (κ3) is 6.71. The first-order valence-corrected chi connectivity index (χ1v) is 18.0. The van der Waals surface area contributed by atoms with Crippen LogP contribution in [-0.2, 0) is 30.3 Å². The molecule has 0 aliphatic carbocycles. The Hall–Kier alpha value is -3.47. The van der Waals surface area contributed by atoms with Gasteiger partial charge in [0.25, 0.3) is 5.91 Å². The van der Waals surface area contributed by atoms with Crippen molar-refractivity contribution in [3.05, 3.63) is 85.5 Å². The maximum absolute atomic E-state index is 15.0. The number of aliphatic hydroxyl groups excluding tert-OH is 1. The lowest BCUT2D eigenvalue weighted by atomic mass is 9.70. The molecular weight excluding hydrogens is 674 g/mol. The van der Waals surface area contributed by atoms with Gasteiger partial charge in [-0.2, -0.15) is 0 Å². The molecule has 3 fully saturated rings. The molecule has 7 atom stereocenters. The third-order valence-corrected chi connectivity index (χ3v) is 10.9. The Morgan fingerprint density at radius 1 is 1.08 bits per heavy atom. The number of ether oxygens (including phenoxy) is 2. The van der Waals surface area contributed by atoms with E-state index >= 15 is 4.79 Å². The molecule has 3 aliphatic heterocycles. The zero-order chi connectivity index (χ0) is 34.4. The van der Waals surface area contributed by atoms with Gasteiger partial charge in [0.15, 0.2) is 0 Å². The van der Waals surface area contributed by atoms with E-state index in [1.807, 2.05) is 60.7 Å². The lowest BCUT2D eigenvalue weighted by molar-refractivity contribution is -0.155. The molecule has 2 bridgehead atoms. The Morgan fingerprint density at radius 2 is 1.77 bits per heavy atom. The molecule has 0 saturated carbocycles. The van der Waals surface area contributed by atoms with Crippen molar-refractivity contribution in [3.63, 3.8) is 0 Å². The highest BCUT2D eigenvalue weighted by Gasteiger charge is 2.77. The molecule has 1 spiro atoms. The standard InChI is InChI=1S/C38H48BrN3O6/c1-5-9-10-14-22-47-37(46)31-32-35(44)42(29(25-43)23-26-15-12-11-13-16-26)34(38(32)24-30(39)33(31)48-38)36(45)41(21-6-2)28-19-17-27(18-20-28)40(7-3)8-4/h5-6,11-13,15-20,29-34,43H,1-2,7-10,14,21-25H2,3-4H3/t29-,30?,31-,32+,33-,34?,38?/m1/s1. The van der Waals surface area contributed by atoms with Gasteiger partial charge in [0.05, 0.1) is 37.2 Å². The number of carbonyl (C=O) groups excluding carboxylic acids is 3.